The van der Waals surface area contributed by atoms with Crippen LogP contribution in [0.5, 0.6) is 5.75 Å². The third-order valence-corrected chi connectivity index (χ3v) is 3.05. The summed E-state index contributed by atoms with van der Waals surface area (Å²) < 4.78 is 5.28. The van der Waals surface area contributed by atoms with Crippen molar-refractivity contribution in [2.45, 2.75) is 6.42 Å². The van der Waals surface area contributed by atoms with Gasteiger partial charge in [0.2, 0.25) is 0 Å². The van der Waals surface area contributed by atoms with Gasteiger partial charge in [0.15, 0.2) is 5.78 Å². The maximum Gasteiger partial charge on any atom is 0.168 e. The molecule has 0 unspecified atom stereocenters. The Balaban J connectivity index is 2.32. The molecule has 1 aliphatic rings. The van der Waals surface area contributed by atoms with Gasteiger partial charge in [-0.2, -0.15) is 0 Å². The molecule has 1 heterocycles. The number of aromatic nitrogens is 1. The first kappa shape index (κ1) is 10.0. The average molecular weight is 225 g/mol. The molecule has 3 nitrogen and oxygen atoms in total. The molecule has 0 spiro atoms. The number of pyridine rings is 1. The van der Waals surface area contributed by atoms with Crippen LogP contribution in [0.1, 0.15) is 15.9 Å². The van der Waals surface area contributed by atoms with Crippen molar-refractivity contribution in [3.63, 3.8) is 0 Å². The Labute approximate surface area is 99.1 Å². The molecule has 0 fully saturated rings. The second-order valence-corrected chi connectivity index (χ2v) is 3.99. The summed E-state index contributed by atoms with van der Waals surface area (Å²) >= 11 is 0. The average Bonchev–Trinajstić information content (AvgIpc) is 2.39. The Morgan fingerprint density at radius 3 is 2.71 bits per heavy atom. The van der Waals surface area contributed by atoms with Gasteiger partial charge in [-0.1, -0.05) is 24.3 Å². The Bertz CT molecular complexity index is 605. The Hall–Kier alpha value is -2.16. The number of ketones is 1. The first-order valence-corrected chi connectivity index (χ1v) is 5.45. The lowest BCUT2D eigenvalue weighted by Gasteiger charge is -2.19. The molecule has 0 bridgehead atoms. The summed E-state index contributed by atoms with van der Waals surface area (Å²) in [6.07, 6.45) is 2.08. The number of carbonyl (C=O) groups is 1. The molecule has 3 rings (SSSR count). The molecule has 0 amide bonds. The molecule has 0 radical (unpaired) electrons. The number of carbonyl (C=O) groups excluding carboxylic acids is 1. The summed E-state index contributed by atoms with van der Waals surface area (Å²) in [4.78, 5) is 16.4. The smallest absolute Gasteiger partial charge is 0.168 e. The molecule has 0 aliphatic heterocycles. The Morgan fingerprint density at radius 2 is 1.94 bits per heavy atom. The molecule has 3 heteroatoms. The maximum atomic E-state index is 12.0. The van der Waals surface area contributed by atoms with Crippen LogP contribution in [0.3, 0.4) is 0 Å². The van der Waals surface area contributed by atoms with Crippen LogP contribution >= 0.6 is 0 Å². The monoisotopic (exact) mass is 225 g/mol. The van der Waals surface area contributed by atoms with Crippen molar-refractivity contribution < 1.29 is 9.53 Å². The molecule has 0 atom stereocenters. The van der Waals surface area contributed by atoms with Crippen LogP contribution in [0.25, 0.3) is 11.3 Å². The summed E-state index contributed by atoms with van der Waals surface area (Å²) in [5.41, 5.74) is 3.40. The van der Waals surface area contributed by atoms with Crippen molar-refractivity contribution in [1.29, 1.82) is 0 Å². The van der Waals surface area contributed by atoms with Crippen molar-refractivity contribution >= 4 is 5.78 Å². The van der Waals surface area contributed by atoms with Gasteiger partial charge in [0, 0.05) is 29.3 Å². The van der Waals surface area contributed by atoms with Crippen molar-refractivity contribution in [3.05, 3.63) is 47.7 Å². The highest BCUT2D eigenvalue weighted by Crippen LogP contribution is 2.35. The zero-order valence-electron chi connectivity index (χ0n) is 9.43. The second kappa shape index (κ2) is 3.70. The van der Waals surface area contributed by atoms with E-state index in [9.17, 15) is 4.79 Å². The van der Waals surface area contributed by atoms with E-state index in [4.69, 9.17) is 4.74 Å². The predicted octanol–water partition coefficient (Wildman–Crippen LogP) is 2.50. The fourth-order valence-electron chi connectivity index (χ4n) is 2.26. The Morgan fingerprint density at radius 1 is 1.18 bits per heavy atom. The van der Waals surface area contributed by atoms with Gasteiger partial charge in [-0.25, -0.2) is 0 Å². The summed E-state index contributed by atoms with van der Waals surface area (Å²) in [5, 5.41) is 0. The number of fused-ring (bicyclic) bond motifs is 3. The van der Waals surface area contributed by atoms with E-state index in [1.54, 1.807) is 19.4 Å². The zero-order valence-corrected chi connectivity index (χ0v) is 9.43. The van der Waals surface area contributed by atoms with Crippen LogP contribution in [0.15, 0.2) is 36.5 Å². The minimum Gasteiger partial charge on any atom is -0.496 e. The van der Waals surface area contributed by atoms with Gasteiger partial charge in [0.05, 0.1) is 12.8 Å². The SMILES string of the molecule is COc1ccnc2c1CC(=O)c1ccccc1-2. The molecule has 1 aromatic carbocycles. The van der Waals surface area contributed by atoms with Gasteiger partial charge < -0.3 is 4.74 Å². The quantitative estimate of drug-likeness (QED) is 0.748. The minimum absolute atomic E-state index is 0.124. The van der Waals surface area contributed by atoms with Crippen LogP contribution in [0, 0.1) is 0 Å². The van der Waals surface area contributed by atoms with Crippen molar-refractivity contribution in [3.8, 4) is 17.0 Å². The lowest BCUT2D eigenvalue weighted by Crippen LogP contribution is -2.14. The van der Waals surface area contributed by atoms with E-state index in [0.29, 0.717) is 6.42 Å². The molecule has 84 valence electrons. The van der Waals surface area contributed by atoms with Gasteiger partial charge in [0.25, 0.3) is 0 Å². The molecule has 1 aromatic heterocycles. The van der Waals surface area contributed by atoms with Crippen molar-refractivity contribution in [1.82, 2.24) is 4.98 Å². The molecular weight excluding hydrogens is 214 g/mol. The molecule has 1 aliphatic carbocycles. The van der Waals surface area contributed by atoms with Crippen molar-refractivity contribution in [2.75, 3.05) is 7.11 Å². The highest BCUT2D eigenvalue weighted by Gasteiger charge is 2.25. The van der Waals surface area contributed by atoms with Gasteiger partial charge >= 0.3 is 0 Å². The van der Waals surface area contributed by atoms with E-state index in [2.05, 4.69) is 4.98 Å². The second-order valence-electron chi connectivity index (χ2n) is 3.99. The summed E-state index contributed by atoms with van der Waals surface area (Å²) in [6, 6.07) is 9.36. The van der Waals surface area contributed by atoms with Gasteiger partial charge in [-0.3, -0.25) is 9.78 Å². The standard InChI is InChI=1S/C14H11NO2/c1-17-13-6-7-15-14-10-5-3-2-4-9(10)12(16)8-11(13)14/h2-7H,8H2,1H3. The van der Waals surface area contributed by atoms with E-state index in [1.165, 1.54) is 0 Å². The first-order valence-electron chi connectivity index (χ1n) is 5.45. The van der Waals surface area contributed by atoms with E-state index in [1.807, 2.05) is 24.3 Å². The first-order chi connectivity index (χ1) is 8.31. The maximum absolute atomic E-state index is 12.0. The molecule has 2 aromatic rings. The minimum atomic E-state index is 0.124. The van der Waals surface area contributed by atoms with Gasteiger partial charge in [0.1, 0.15) is 5.75 Å². The van der Waals surface area contributed by atoms with E-state index in [0.717, 1.165) is 28.1 Å². The van der Waals surface area contributed by atoms with Crippen LogP contribution in [0.4, 0.5) is 0 Å². The van der Waals surface area contributed by atoms with Gasteiger partial charge in [-0.05, 0) is 6.07 Å². The van der Waals surface area contributed by atoms with Gasteiger partial charge in [-0.15, -0.1) is 0 Å². The van der Waals surface area contributed by atoms with Crippen LogP contribution in [0.2, 0.25) is 0 Å². The summed E-state index contributed by atoms with van der Waals surface area (Å²) in [6.45, 7) is 0. The molecular formula is C14H11NO2. The third-order valence-electron chi connectivity index (χ3n) is 3.05. The zero-order chi connectivity index (χ0) is 11.8. The molecule has 0 N–H and O–H groups in total. The van der Waals surface area contributed by atoms with Crippen LogP contribution in [-0.4, -0.2) is 17.9 Å². The van der Waals surface area contributed by atoms with Crippen molar-refractivity contribution in [2.24, 2.45) is 0 Å². The number of ether oxygens (including phenoxy) is 1. The molecule has 17 heavy (non-hydrogen) atoms. The fourth-order valence-corrected chi connectivity index (χ4v) is 2.26. The number of nitrogens with zero attached hydrogens (tertiary/aromatic N) is 1. The normalized spacial score (nSPS) is 12.9. The lowest BCUT2D eigenvalue weighted by atomic mass is 9.88. The lowest BCUT2D eigenvalue weighted by molar-refractivity contribution is 0.0990. The summed E-state index contributed by atoms with van der Waals surface area (Å²) in [5.74, 6) is 0.859. The van der Waals surface area contributed by atoms with E-state index in [-0.39, 0.29) is 5.78 Å². The van der Waals surface area contributed by atoms with Crippen LogP contribution in [-0.2, 0) is 6.42 Å². The van der Waals surface area contributed by atoms with E-state index >= 15 is 0 Å². The van der Waals surface area contributed by atoms with E-state index < -0.39 is 0 Å². The molecule has 0 saturated heterocycles. The number of rotatable bonds is 1. The highest BCUT2D eigenvalue weighted by molar-refractivity contribution is 6.07. The largest absolute Gasteiger partial charge is 0.496 e. The number of hydrogen-bond acceptors (Lipinski definition) is 3. The fraction of sp³-hybridized carbons (Fsp3) is 0.143. The number of benzene rings is 1. The third kappa shape index (κ3) is 1.43. The number of methoxy groups -OCH3 is 1. The number of Topliss-reactive ketones (excluding diaryl/α,β-unsaturated/α-hetero) is 1. The predicted molar refractivity (Wildman–Crippen MR) is 64.3 cm³/mol. The Kier molecular flexibility index (Phi) is 2.18. The molecule has 0 saturated carbocycles. The highest BCUT2D eigenvalue weighted by atomic mass is 16.5. The summed E-state index contributed by atoms with van der Waals surface area (Å²) in [7, 11) is 1.61. The van der Waals surface area contributed by atoms with Crippen LogP contribution < -0.4 is 4.74 Å². The topological polar surface area (TPSA) is 39.2 Å². The number of hydrogen-bond donors (Lipinski definition) is 0.